The lowest BCUT2D eigenvalue weighted by molar-refractivity contribution is -0.00832. The number of ether oxygens (including phenoxy) is 1. The molecular weight excluding hydrogens is 258 g/mol. The van der Waals surface area contributed by atoms with Crippen molar-refractivity contribution in [2.24, 2.45) is 0 Å². The monoisotopic (exact) mass is 273 g/mol. The molecule has 0 radical (unpaired) electrons. The topological polar surface area (TPSA) is 76.8 Å². The molecule has 7 heteroatoms. The van der Waals surface area contributed by atoms with Crippen LogP contribution < -0.4 is 0 Å². The summed E-state index contributed by atoms with van der Waals surface area (Å²) in [6.45, 7) is 4.52. The van der Waals surface area contributed by atoms with Crippen molar-refractivity contribution in [1.29, 1.82) is 0 Å². The van der Waals surface area contributed by atoms with Gasteiger partial charge < -0.3 is 9.15 Å². The molecule has 18 heavy (non-hydrogen) atoms. The summed E-state index contributed by atoms with van der Waals surface area (Å²) in [7, 11) is -3.73. The first-order chi connectivity index (χ1) is 8.38. The summed E-state index contributed by atoms with van der Waals surface area (Å²) in [6, 6.07) is 2.64. The van der Waals surface area contributed by atoms with E-state index in [0.29, 0.717) is 19.5 Å². The van der Waals surface area contributed by atoms with E-state index in [-0.39, 0.29) is 17.4 Å². The highest BCUT2D eigenvalue weighted by molar-refractivity contribution is 7.89. The van der Waals surface area contributed by atoms with Crippen LogP contribution in [-0.2, 0) is 14.8 Å². The molecule has 1 aromatic heterocycles. The number of sulfonamides is 1. The molecule has 1 saturated heterocycles. The summed E-state index contributed by atoms with van der Waals surface area (Å²) in [5.74, 6) is -0.000333. The van der Waals surface area contributed by atoms with Gasteiger partial charge in [0.1, 0.15) is 0 Å². The molecular formula is C11H15NO5S. The summed E-state index contributed by atoms with van der Waals surface area (Å²) in [6.07, 6.45) is 0.476. The van der Waals surface area contributed by atoms with E-state index in [1.165, 1.54) is 16.4 Å². The van der Waals surface area contributed by atoms with Gasteiger partial charge in [-0.15, -0.1) is 0 Å². The van der Waals surface area contributed by atoms with Crippen molar-refractivity contribution < 1.29 is 22.4 Å². The zero-order valence-corrected chi connectivity index (χ0v) is 11.1. The lowest BCUT2D eigenvalue weighted by Crippen LogP contribution is -2.55. The molecule has 1 aliphatic rings. The van der Waals surface area contributed by atoms with E-state index in [1.807, 2.05) is 0 Å². The Morgan fingerprint density at radius 1 is 1.39 bits per heavy atom. The SMILES string of the molecule is CC1(C)COCCN1S(=O)(=O)c1ccc(C=O)o1. The molecule has 0 unspecified atom stereocenters. The second-order valence-electron chi connectivity index (χ2n) is 4.72. The van der Waals surface area contributed by atoms with Crippen molar-refractivity contribution >= 4 is 16.3 Å². The summed E-state index contributed by atoms with van der Waals surface area (Å²) < 4.78 is 36.4. The molecule has 2 heterocycles. The Hall–Kier alpha value is -1.18. The summed E-state index contributed by atoms with van der Waals surface area (Å²) in [5, 5.41) is -0.209. The molecule has 0 amide bonds. The standard InChI is InChI=1S/C11H15NO5S/c1-11(2)8-16-6-5-12(11)18(14,15)10-4-3-9(7-13)17-10/h3-4,7H,5-6,8H2,1-2H3. The van der Waals surface area contributed by atoms with Crippen LogP contribution in [0.15, 0.2) is 21.6 Å². The molecule has 0 aromatic carbocycles. The van der Waals surface area contributed by atoms with Gasteiger partial charge in [-0.1, -0.05) is 0 Å². The van der Waals surface area contributed by atoms with Gasteiger partial charge in [0.15, 0.2) is 12.0 Å². The molecule has 2 rings (SSSR count). The first kappa shape index (κ1) is 13.3. The third-order valence-corrected chi connectivity index (χ3v) is 4.82. The summed E-state index contributed by atoms with van der Waals surface area (Å²) >= 11 is 0. The van der Waals surface area contributed by atoms with E-state index in [2.05, 4.69) is 0 Å². The number of hydrogen-bond acceptors (Lipinski definition) is 5. The van der Waals surface area contributed by atoms with Gasteiger partial charge in [-0.05, 0) is 26.0 Å². The second-order valence-corrected chi connectivity index (χ2v) is 6.51. The highest BCUT2D eigenvalue weighted by Gasteiger charge is 2.41. The summed E-state index contributed by atoms with van der Waals surface area (Å²) in [5.41, 5.74) is -0.634. The van der Waals surface area contributed by atoms with Crippen LogP contribution in [0.2, 0.25) is 0 Å². The Kier molecular flexibility index (Phi) is 3.31. The fraction of sp³-hybridized carbons (Fsp3) is 0.545. The lowest BCUT2D eigenvalue weighted by atomic mass is 10.1. The maximum Gasteiger partial charge on any atom is 0.277 e. The van der Waals surface area contributed by atoms with Gasteiger partial charge in [-0.3, -0.25) is 4.79 Å². The Morgan fingerprint density at radius 3 is 2.67 bits per heavy atom. The molecule has 6 nitrogen and oxygen atoms in total. The van der Waals surface area contributed by atoms with Gasteiger partial charge >= 0.3 is 0 Å². The predicted octanol–water partition coefficient (Wildman–Crippen LogP) is 0.892. The molecule has 0 saturated carbocycles. The van der Waals surface area contributed by atoms with E-state index < -0.39 is 15.6 Å². The quantitative estimate of drug-likeness (QED) is 0.764. The molecule has 1 fully saturated rings. The van der Waals surface area contributed by atoms with Crippen molar-refractivity contribution in [2.45, 2.75) is 24.5 Å². The van der Waals surface area contributed by atoms with E-state index in [0.717, 1.165) is 0 Å². The molecule has 0 N–H and O–H groups in total. The largest absolute Gasteiger partial charge is 0.440 e. The van der Waals surface area contributed by atoms with Crippen molar-refractivity contribution in [3.63, 3.8) is 0 Å². The van der Waals surface area contributed by atoms with Crippen LogP contribution in [0.5, 0.6) is 0 Å². The number of morpholine rings is 1. The minimum Gasteiger partial charge on any atom is -0.440 e. The van der Waals surface area contributed by atoms with Crippen LogP contribution in [-0.4, -0.2) is 44.3 Å². The smallest absolute Gasteiger partial charge is 0.277 e. The van der Waals surface area contributed by atoms with Crippen LogP contribution in [0.3, 0.4) is 0 Å². The maximum absolute atomic E-state index is 12.4. The van der Waals surface area contributed by atoms with E-state index in [4.69, 9.17) is 9.15 Å². The number of aldehydes is 1. The average Bonchev–Trinajstić information content (AvgIpc) is 2.77. The van der Waals surface area contributed by atoms with Crippen LogP contribution in [0.4, 0.5) is 0 Å². The molecule has 1 aliphatic heterocycles. The fourth-order valence-electron chi connectivity index (χ4n) is 1.93. The molecule has 1 aromatic rings. The van der Waals surface area contributed by atoms with Crippen LogP contribution in [0, 0.1) is 0 Å². The third-order valence-electron chi connectivity index (χ3n) is 2.83. The molecule has 0 spiro atoms. The van der Waals surface area contributed by atoms with Gasteiger partial charge in [0.2, 0.25) is 5.09 Å². The van der Waals surface area contributed by atoms with Gasteiger partial charge in [0.25, 0.3) is 10.0 Å². The number of carbonyl (C=O) groups is 1. The van der Waals surface area contributed by atoms with Gasteiger partial charge in [-0.2, -0.15) is 4.31 Å². The first-order valence-corrected chi connectivity index (χ1v) is 6.97. The van der Waals surface area contributed by atoms with E-state index in [1.54, 1.807) is 13.8 Å². The lowest BCUT2D eigenvalue weighted by Gasteiger charge is -2.40. The second kappa shape index (κ2) is 4.49. The molecule has 0 bridgehead atoms. The summed E-state index contributed by atoms with van der Waals surface area (Å²) in [4.78, 5) is 10.5. The number of nitrogens with zero attached hydrogens (tertiary/aromatic N) is 1. The Bertz CT molecular complexity index is 546. The average molecular weight is 273 g/mol. The third kappa shape index (κ3) is 2.21. The molecule has 100 valence electrons. The maximum atomic E-state index is 12.4. The fourth-order valence-corrected chi connectivity index (χ4v) is 3.61. The minimum atomic E-state index is -3.73. The molecule has 0 aliphatic carbocycles. The van der Waals surface area contributed by atoms with Crippen LogP contribution in [0.1, 0.15) is 24.4 Å². The number of hydrogen-bond donors (Lipinski definition) is 0. The van der Waals surface area contributed by atoms with Crippen molar-refractivity contribution in [3.8, 4) is 0 Å². The Morgan fingerprint density at radius 2 is 2.11 bits per heavy atom. The zero-order valence-electron chi connectivity index (χ0n) is 10.3. The zero-order chi connectivity index (χ0) is 13.4. The Labute approximate surface area is 106 Å². The Balaban J connectivity index is 2.38. The number of carbonyl (C=O) groups excluding carboxylic acids is 1. The van der Waals surface area contributed by atoms with Crippen molar-refractivity contribution in [2.75, 3.05) is 19.8 Å². The number of furan rings is 1. The van der Waals surface area contributed by atoms with Crippen molar-refractivity contribution in [3.05, 3.63) is 17.9 Å². The van der Waals surface area contributed by atoms with E-state index >= 15 is 0 Å². The predicted molar refractivity (Wildman–Crippen MR) is 62.9 cm³/mol. The highest BCUT2D eigenvalue weighted by atomic mass is 32.2. The van der Waals surface area contributed by atoms with Crippen LogP contribution in [0.25, 0.3) is 0 Å². The number of rotatable bonds is 3. The normalized spacial score (nSPS) is 20.8. The van der Waals surface area contributed by atoms with Gasteiger partial charge in [-0.25, -0.2) is 8.42 Å². The molecule has 0 atom stereocenters. The van der Waals surface area contributed by atoms with E-state index in [9.17, 15) is 13.2 Å². The highest BCUT2D eigenvalue weighted by Crippen LogP contribution is 2.28. The first-order valence-electron chi connectivity index (χ1n) is 5.53. The van der Waals surface area contributed by atoms with Gasteiger partial charge in [0.05, 0.1) is 18.8 Å². The van der Waals surface area contributed by atoms with Gasteiger partial charge in [0, 0.05) is 6.54 Å². The van der Waals surface area contributed by atoms with Crippen LogP contribution >= 0.6 is 0 Å². The minimum absolute atomic E-state index is 0.000333. The van der Waals surface area contributed by atoms with Crippen molar-refractivity contribution in [1.82, 2.24) is 4.31 Å².